The quantitative estimate of drug-likeness (QED) is 0.716. The van der Waals surface area contributed by atoms with Crippen LogP contribution in [0.2, 0.25) is 0 Å². The van der Waals surface area contributed by atoms with Crippen LogP contribution in [-0.4, -0.2) is 52.2 Å². The van der Waals surface area contributed by atoms with E-state index in [1.807, 2.05) is 30.3 Å². The third kappa shape index (κ3) is 3.76. The molecule has 0 spiro atoms. The molecule has 1 amide bonds. The van der Waals surface area contributed by atoms with E-state index in [1.165, 1.54) is 12.1 Å². The molecule has 4 rings (SSSR count). The van der Waals surface area contributed by atoms with Gasteiger partial charge in [-0.1, -0.05) is 12.1 Å². The van der Waals surface area contributed by atoms with Crippen LogP contribution in [0.25, 0.3) is 11.4 Å². The second kappa shape index (κ2) is 7.49. The van der Waals surface area contributed by atoms with Crippen LogP contribution in [0.4, 0.5) is 10.2 Å². The van der Waals surface area contributed by atoms with Crippen molar-refractivity contribution in [1.82, 2.24) is 20.1 Å². The van der Waals surface area contributed by atoms with E-state index >= 15 is 0 Å². The maximum atomic E-state index is 13.3. The average Bonchev–Trinajstić information content (AvgIpc) is 2.74. The molecule has 27 heavy (non-hydrogen) atoms. The summed E-state index contributed by atoms with van der Waals surface area (Å²) >= 11 is 0. The van der Waals surface area contributed by atoms with Gasteiger partial charge in [0, 0.05) is 37.9 Å². The highest BCUT2D eigenvalue weighted by Crippen LogP contribution is 2.18. The van der Waals surface area contributed by atoms with Crippen LogP contribution in [0.3, 0.4) is 0 Å². The minimum Gasteiger partial charge on any atom is -0.352 e. The number of hydrogen-bond donors (Lipinski definition) is 0. The van der Waals surface area contributed by atoms with Crippen molar-refractivity contribution in [2.75, 3.05) is 31.1 Å². The number of nitrogens with zero attached hydrogens (tertiary/aromatic N) is 5. The first kappa shape index (κ1) is 17.1. The van der Waals surface area contributed by atoms with Crippen molar-refractivity contribution in [1.29, 1.82) is 0 Å². The molecule has 2 aromatic heterocycles. The number of halogens is 1. The molecular formula is C20H18FN5O. The number of rotatable bonds is 3. The number of aromatic nitrogens is 3. The van der Waals surface area contributed by atoms with Crippen molar-refractivity contribution >= 4 is 11.7 Å². The molecule has 1 fully saturated rings. The van der Waals surface area contributed by atoms with Gasteiger partial charge >= 0.3 is 0 Å². The van der Waals surface area contributed by atoms with E-state index in [0.29, 0.717) is 31.7 Å². The largest absolute Gasteiger partial charge is 0.352 e. The SMILES string of the molecule is O=C(c1cccc(F)c1)N1CCN(c2ccc(-c3ccccn3)nn2)CC1. The Kier molecular flexibility index (Phi) is 4.74. The third-order valence-electron chi connectivity index (χ3n) is 4.54. The number of amides is 1. The molecule has 1 saturated heterocycles. The fourth-order valence-corrected chi connectivity index (χ4v) is 3.09. The molecule has 136 valence electrons. The predicted octanol–water partition coefficient (Wildman–Crippen LogP) is 2.64. The zero-order chi connectivity index (χ0) is 18.6. The summed E-state index contributed by atoms with van der Waals surface area (Å²) in [5, 5.41) is 8.56. The lowest BCUT2D eigenvalue weighted by atomic mass is 10.1. The van der Waals surface area contributed by atoms with E-state index in [0.717, 1.165) is 17.2 Å². The first-order chi connectivity index (χ1) is 13.2. The summed E-state index contributed by atoms with van der Waals surface area (Å²) in [6.45, 7) is 2.41. The number of pyridine rings is 1. The monoisotopic (exact) mass is 363 g/mol. The summed E-state index contributed by atoms with van der Waals surface area (Å²) in [6, 6.07) is 15.3. The highest BCUT2D eigenvalue weighted by Gasteiger charge is 2.23. The molecule has 7 heteroatoms. The maximum absolute atomic E-state index is 13.3. The van der Waals surface area contributed by atoms with Crippen LogP contribution in [-0.2, 0) is 0 Å². The van der Waals surface area contributed by atoms with Crippen LogP contribution in [0.5, 0.6) is 0 Å². The molecule has 0 N–H and O–H groups in total. The van der Waals surface area contributed by atoms with Gasteiger partial charge in [0.1, 0.15) is 11.5 Å². The van der Waals surface area contributed by atoms with Crippen LogP contribution in [0.15, 0.2) is 60.8 Å². The van der Waals surface area contributed by atoms with Gasteiger partial charge in [0.05, 0.1) is 5.69 Å². The molecule has 3 heterocycles. The van der Waals surface area contributed by atoms with Crippen LogP contribution in [0, 0.1) is 5.82 Å². The highest BCUT2D eigenvalue weighted by molar-refractivity contribution is 5.94. The van der Waals surface area contributed by atoms with Crippen molar-refractivity contribution < 1.29 is 9.18 Å². The van der Waals surface area contributed by atoms with Gasteiger partial charge < -0.3 is 9.80 Å². The number of carbonyl (C=O) groups is 1. The molecule has 0 aliphatic carbocycles. The van der Waals surface area contributed by atoms with Gasteiger partial charge in [-0.15, -0.1) is 10.2 Å². The van der Waals surface area contributed by atoms with Gasteiger partial charge in [-0.2, -0.15) is 0 Å². The average molecular weight is 363 g/mol. The smallest absolute Gasteiger partial charge is 0.254 e. The molecule has 0 radical (unpaired) electrons. The standard InChI is InChI=1S/C20H18FN5O/c21-16-5-3-4-15(14-16)20(27)26-12-10-25(11-13-26)19-8-7-18(23-24-19)17-6-1-2-9-22-17/h1-9,14H,10-13H2. The Morgan fingerprint density at radius 3 is 2.41 bits per heavy atom. The molecule has 1 aromatic carbocycles. The highest BCUT2D eigenvalue weighted by atomic mass is 19.1. The molecule has 0 atom stereocenters. The molecular weight excluding hydrogens is 345 g/mol. The van der Waals surface area contributed by atoms with Gasteiger partial charge in [0.15, 0.2) is 5.82 Å². The van der Waals surface area contributed by atoms with Crippen molar-refractivity contribution in [2.45, 2.75) is 0 Å². The van der Waals surface area contributed by atoms with Crippen molar-refractivity contribution in [2.24, 2.45) is 0 Å². The number of carbonyl (C=O) groups excluding carboxylic acids is 1. The van der Waals surface area contributed by atoms with Crippen molar-refractivity contribution in [3.8, 4) is 11.4 Å². The Morgan fingerprint density at radius 2 is 1.74 bits per heavy atom. The Balaban J connectivity index is 1.40. The lowest BCUT2D eigenvalue weighted by Crippen LogP contribution is -2.49. The molecule has 1 aliphatic heterocycles. The van der Waals surface area contributed by atoms with Crippen LogP contribution in [0.1, 0.15) is 10.4 Å². The fourth-order valence-electron chi connectivity index (χ4n) is 3.09. The van der Waals surface area contributed by atoms with E-state index in [2.05, 4.69) is 20.1 Å². The fraction of sp³-hybridized carbons (Fsp3) is 0.200. The van der Waals surface area contributed by atoms with E-state index in [1.54, 1.807) is 23.2 Å². The number of hydrogen-bond acceptors (Lipinski definition) is 5. The Labute approximate surface area is 156 Å². The zero-order valence-corrected chi connectivity index (χ0v) is 14.6. The molecule has 6 nitrogen and oxygen atoms in total. The zero-order valence-electron chi connectivity index (χ0n) is 14.6. The topological polar surface area (TPSA) is 62.2 Å². The van der Waals surface area contributed by atoms with Gasteiger partial charge in [-0.3, -0.25) is 9.78 Å². The number of benzene rings is 1. The second-order valence-electron chi connectivity index (χ2n) is 6.28. The van der Waals surface area contributed by atoms with Gasteiger partial charge in [0.2, 0.25) is 0 Å². The van der Waals surface area contributed by atoms with Crippen molar-refractivity contribution in [3.05, 3.63) is 72.2 Å². The molecule has 1 aliphatic rings. The first-order valence-electron chi connectivity index (χ1n) is 8.75. The Morgan fingerprint density at radius 1 is 0.889 bits per heavy atom. The van der Waals surface area contributed by atoms with Crippen LogP contribution >= 0.6 is 0 Å². The minimum absolute atomic E-state index is 0.147. The van der Waals surface area contributed by atoms with E-state index in [-0.39, 0.29) is 5.91 Å². The summed E-state index contributed by atoms with van der Waals surface area (Å²) in [4.78, 5) is 20.6. The van der Waals surface area contributed by atoms with Gasteiger partial charge in [-0.25, -0.2) is 4.39 Å². The number of piperazine rings is 1. The summed E-state index contributed by atoms with van der Waals surface area (Å²) in [6.07, 6.45) is 1.72. The second-order valence-corrected chi connectivity index (χ2v) is 6.28. The molecule has 3 aromatic rings. The van der Waals surface area contributed by atoms with Gasteiger partial charge in [-0.05, 0) is 42.5 Å². The minimum atomic E-state index is -0.400. The Hall–Kier alpha value is -3.35. The third-order valence-corrected chi connectivity index (χ3v) is 4.54. The van der Waals surface area contributed by atoms with Gasteiger partial charge in [0.25, 0.3) is 5.91 Å². The maximum Gasteiger partial charge on any atom is 0.254 e. The van der Waals surface area contributed by atoms with Crippen molar-refractivity contribution in [3.63, 3.8) is 0 Å². The summed E-state index contributed by atoms with van der Waals surface area (Å²) in [5.41, 5.74) is 1.88. The van der Waals surface area contributed by atoms with E-state index in [9.17, 15) is 9.18 Å². The lowest BCUT2D eigenvalue weighted by Gasteiger charge is -2.35. The van der Waals surface area contributed by atoms with Crippen LogP contribution < -0.4 is 4.90 Å². The van der Waals surface area contributed by atoms with E-state index in [4.69, 9.17) is 0 Å². The summed E-state index contributed by atoms with van der Waals surface area (Å²) < 4.78 is 13.3. The van der Waals surface area contributed by atoms with E-state index < -0.39 is 5.82 Å². The lowest BCUT2D eigenvalue weighted by molar-refractivity contribution is 0.0746. The summed E-state index contributed by atoms with van der Waals surface area (Å²) in [5.74, 6) is 0.223. The summed E-state index contributed by atoms with van der Waals surface area (Å²) in [7, 11) is 0. The number of anilines is 1. The molecule has 0 bridgehead atoms. The molecule has 0 unspecified atom stereocenters. The predicted molar refractivity (Wildman–Crippen MR) is 99.8 cm³/mol. The first-order valence-corrected chi connectivity index (χ1v) is 8.75. The normalized spacial score (nSPS) is 14.3. The molecule has 0 saturated carbocycles. The Bertz CT molecular complexity index is 925.